The van der Waals surface area contributed by atoms with Gasteiger partial charge in [-0.3, -0.25) is 4.90 Å². The second kappa shape index (κ2) is 5.62. The predicted molar refractivity (Wildman–Crippen MR) is 79.5 cm³/mol. The Bertz CT molecular complexity index is 490. The third-order valence-corrected chi connectivity index (χ3v) is 4.15. The maximum Gasteiger partial charge on any atom is 0.123 e. The van der Waals surface area contributed by atoms with Gasteiger partial charge in [-0.2, -0.15) is 0 Å². The first kappa shape index (κ1) is 13.7. The molecule has 4 nitrogen and oxygen atoms in total. The molecule has 20 heavy (non-hydrogen) atoms. The Hall–Kier alpha value is -1.26. The van der Waals surface area contributed by atoms with Gasteiger partial charge in [0.1, 0.15) is 17.6 Å². The molecule has 110 valence electrons. The Labute approximate surface area is 121 Å². The number of rotatable bonds is 3. The number of hydrogen-bond acceptors (Lipinski definition) is 4. The van der Waals surface area contributed by atoms with E-state index in [1.54, 1.807) is 7.11 Å². The molecule has 2 aliphatic rings. The quantitative estimate of drug-likeness (QED) is 0.913. The average Bonchev–Trinajstić information content (AvgIpc) is 2.77. The van der Waals surface area contributed by atoms with E-state index in [1.807, 2.05) is 0 Å². The van der Waals surface area contributed by atoms with Crippen molar-refractivity contribution in [1.82, 2.24) is 10.2 Å². The molecule has 0 aromatic heterocycles. The summed E-state index contributed by atoms with van der Waals surface area (Å²) in [4.78, 5) is 2.48. The molecule has 0 saturated carbocycles. The molecule has 0 bridgehead atoms. The number of fused-ring (bicyclic) bond motifs is 1. The zero-order chi connectivity index (χ0) is 14.1. The second-order valence-corrected chi connectivity index (χ2v) is 5.99. The van der Waals surface area contributed by atoms with Crippen molar-refractivity contribution in [2.24, 2.45) is 0 Å². The molecule has 1 aromatic carbocycles. The fourth-order valence-corrected chi connectivity index (χ4v) is 3.19. The van der Waals surface area contributed by atoms with Crippen LogP contribution in [0.1, 0.15) is 25.0 Å². The summed E-state index contributed by atoms with van der Waals surface area (Å²) in [7, 11) is 1.75. The van der Waals surface area contributed by atoms with Crippen LogP contribution < -0.4 is 14.8 Å². The van der Waals surface area contributed by atoms with Crippen molar-refractivity contribution in [2.75, 3.05) is 26.7 Å². The van der Waals surface area contributed by atoms with Crippen molar-refractivity contribution >= 4 is 0 Å². The lowest BCUT2D eigenvalue weighted by Crippen LogP contribution is -2.48. The van der Waals surface area contributed by atoms with E-state index in [1.165, 1.54) is 11.1 Å². The normalized spacial score (nSPS) is 26.1. The Morgan fingerprint density at radius 2 is 2.25 bits per heavy atom. The molecule has 0 aliphatic carbocycles. The van der Waals surface area contributed by atoms with Gasteiger partial charge in [-0.05, 0) is 26.0 Å². The largest absolute Gasteiger partial charge is 0.496 e. The zero-order valence-electron chi connectivity index (χ0n) is 12.6. The summed E-state index contributed by atoms with van der Waals surface area (Å²) in [5, 5.41) is 3.48. The van der Waals surface area contributed by atoms with Crippen LogP contribution in [0.15, 0.2) is 12.1 Å². The van der Waals surface area contributed by atoms with E-state index in [9.17, 15) is 0 Å². The summed E-state index contributed by atoms with van der Waals surface area (Å²) in [5.41, 5.74) is 2.50. The van der Waals surface area contributed by atoms with Crippen LogP contribution in [-0.2, 0) is 13.0 Å². The van der Waals surface area contributed by atoms with Crippen LogP contribution in [0.4, 0.5) is 0 Å². The van der Waals surface area contributed by atoms with Gasteiger partial charge in [0.2, 0.25) is 0 Å². The maximum absolute atomic E-state index is 5.87. The maximum atomic E-state index is 5.87. The number of nitrogens with one attached hydrogen (secondary N) is 1. The topological polar surface area (TPSA) is 33.7 Å². The lowest BCUT2D eigenvalue weighted by Gasteiger charge is -2.32. The molecule has 1 saturated heterocycles. The Morgan fingerprint density at radius 1 is 1.40 bits per heavy atom. The smallest absolute Gasteiger partial charge is 0.123 e. The molecule has 2 aliphatic heterocycles. The number of benzene rings is 1. The zero-order valence-corrected chi connectivity index (χ0v) is 12.6. The Morgan fingerprint density at radius 3 is 3.00 bits per heavy atom. The molecule has 4 heteroatoms. The minimum atomic E-state index is 0.282. The van der Waals surface area contributed by atoms with Gasteiger partial charge in [0, 0.05) is 49.8 Å². The standard InChI is InChI=1S/C16H24N2O2/c1-11-9-18(5-4-17-11)10-14-8-16-13(6-12(2)20-16)7-15(14)19-3/h7-8,11-12,17H,4-6,9-10H2,1-3H3. The van der Waals surface area contributed by atoms with Gasteiger partial charge < -0.3 is 14.8 Å². The highest BCUT2D eigenvalue weighted by Gasteiger charge is 2.23. The monoisotopic (exact) mass is 276 g/mol. The van der Waals surface area contributed by atoms with Gasteiger partial charge in [0.15, 0.2) is 0 Å². The Balaban J connectivity index is 1.80. The molecule has 2 atom stereocenters. The van der Waals surface area contributed by atoms with Crippen LogP contribution in [-0.4, -0.2) is 43.8 Å². The van der Waals surface area contributed by atoms with Crippen molar-refractivity contribution in [3.05, 3.63) is 23.3 Å². The number of piperazine rings is 1. The van der Waals surface area contributed by atoms with Crippen molar-refractivity contribution in [1.29, 1.82) is 0 Å². The molecule has 0 radical (unpaired) electrons. The first-order valence-electron chi connectivity index (χ1n) is 7.48. The fourth-order valence-electron chi connectivity index (χ4n) is 3.19. The number of methoxy groups -OCH3 is 1. The highest BCUT2D eigenvalue weighted by molar-refractivity contribution is 5.48. The van der Waals surface area contributed by atoms with E-state index in [2.05, 4.69) is 36.2 Å². The van der Waals surface area contributed by atoms with Crippen LogP contribution in [0.5, 0.6) is 11.5 Å². The van der Waals surface area contributed by atoms with Gasteiger partial charge in [-0.15, -0.1) is 0 Å². The van der Waals surface area contributed by atoms with E-state index < -0.39 is 0 Å². The average molecular weight is 276 g/mol. The summed E-state index contributed by atoms with van der Waals surface area (Å²) >= 11 is 0. The lowest BCUT2D eigenvalue weighted by atomic mass is 10.1. The number of ether oxygens (including phenoxy) is 2. The minimum Gasteiger partial charge on any atom is -0.496 e. The van der Waals surface area contributed by atoms with Crippen molar-refractivity contribution in [3.8, 4) is 11.5 Å². The van der Waals surface area contributed by atoms with Crippen LogP contribution in [0.3, 0.4) is 0 Å². The van der Waals surface area contributed by atoms with Crippen LogP contribution in [0, 0.1) is 0 Å². The summed E-state index contributed by atoms with van der Waals surface area (Å²) in [6, 6.07) is 4.88. The minimum absolute atomic E-state index is 0.282. The van der Waals surface area contributed by atoms with E-state index in [4.69, 9.17) is 9.47 Å². The SMILES string of the molecule is COc1cc2c(cc1CN1CCNC(C)C1)OC(C)C2. The van der Waals surface area contributed by atoms with Crippen LogP contribution >= 0.6 is 0 Å². The molecule has 0 spiro atoms. The van der Waals surface area contributed by atoms with E-state index in [0.29, 0.717) is 6.04 Å². The summed E-state index contributed by atoms with van der Waals surface area (Å²) in [6.45, 7) is 8.50. The van der Waals surface area contributed by atoms with Gasteiger partial charge in [-0.25, -0.2) is 0 Å². The molecule has 2 heterocycles. The number of nitrogens with zero attached hydrogens (tertiary/aromatic N) is 1. The van der Waals surface area contributed by atoms with Gasteiger partial charge in [0.25, 0.3) is 0 Å². The van der Waals surface area contributed by atoms with Gasteiger partial charge >= 0.3 is 0 Å². The molecule has 3 rings (SSSR count). The predicted octanol–water partition coefficient (Wildman–Crippen LogP) is 1.81. The van der Waals surface area contributed by atoms with E-state index in [0.717, 1.165) is 44.1 Å². The first-order chi connectivity index (χ1) is 9.65. The van der Waals surface area contributed by atoms with E-state index in [-0.39, 0.29) is 6.10 Å². The number of hydrogen-bond donors (Lipinski definition) is 1. The molecule has 2 unspecified atom stereocenters. The molecule has 0 amide bonds. The van der Waals surface area contributed by atoms with Gasteiger partial charge in [0.05, 0.1) is 7.11 Å². The molecule has 1 N–H and O–H groups in total. The van der Waals surface area contributed by atoms with Gasteiger partial charge in [-0.1, -0.05) is 0 Å². The van der Waals surface area contributed by atoms with Crippen molar-refractivity contribution in [2.45, 2.75) is 39.0 Å². The Kier molecular flexibility index (Phi) is 3.85. The van der Waals surface area contributed by atoms with Crippen molar-refractivity contribution in [3.63, 3.8) is 0 Å². The summed E-state index contributed by atoms with van der Waals surface area (Å²) in [5.74, 6) is 2.03. The third-order valence-electron chi connectivity index (χ3n) is 4.15. The third kappa shape index (κ3) is 2.76. The van der Waals surface area contributed by atoms with E-state index >= 15 is 0 Å². The fraction of sp³-hybridized carbons (Fsp3) is 0.625. The molecule has 1 aromatic rings. The first-order valence-corrected chi connectivity index (χ1v) is 7.48. The second-order valence-electron chi connectivity index (χ2n) is 5.99. The van der Waals surface area contributed by atoms with Crippen molar-refractivity contribution < 1.29 is 9.47 Å². The van der Waals surface area contributed by atoms with Crippen LogP contribution in [0.25, 0.3) is 0 Å². The highest BCUT2D eigenvalue weighted by atomic mass is 16.5. The van der Waals surface area contributed by atoms with Crippen LogP contribution in [0.2, 0.25) is 0 Å². The highest BCUT2D eigenvalue weighted by Crippen LogP contribution is 2.35. The molecular formula is C16H24N2O2. The molecular weight excluding hydrogens is 252 g/mol. The summed E-state index contributed by atoms with van der Waals surface area (Å²) in [6.07, 6.45) is 1.26. The molecule has 1 fully saturated rings. The lowest BCUT2D eigenvalue weighted by molar-refractivity contribution is 0.197. The summed E-state index contributed by atoms with van der Waals surface area (Å²) < 4.78 is 11.4.